The van der Waals surface area contributed by atoms with E-state index in [1.807, 2.05) is 19.2 Å². The van der Waals surface area contributed by atoms with Crippen molar-refractivity contribution in [1.82, 2.24) is 5.32 Å². The second-order valence-electron chi connectivity index (χ2n) is 5.07. The summed E-state index contributed by atoms with van der Waals surface area (Å²) in [6.07, 6.45) is 1.12. The second-order valence-corrected chi connectivity index (χ2v) is 5.07. The van der Waals surface area contributed by atoms with Crippen LogP contribution >= 0.6 is 0 Å². The number of ether oxygens (including phenoxy) is 3. The van der Waals surface area contributed by atoms with Crippen LogP contribution in [0.15, 0.2) is 18.2 Å². The van der Waals surface area contributed by atoms with E-state index < -0.39 is 0 Å². The van der Waals surface area contributed by atoms with E-state index in [1.54, 1.807) is 14.2 Å². The van der Waals surface area contributed by atoms with E-state index in [1.165, 1.54) is 5.56 Å². The Balaban J connectivity index is 2.24. The summed E-state index contributed by atoms with van der Waals surface area (Å²) in [6.45, 7) is 2.87. The average molecular weight is 265 g/mol. The Bertz CT molecular complexity index is 422. The first-order valence-corrected chi connectivity index (χ1v) is 6.70. The molecule has 1 aromatic carbocycles. The molecule has 1 N–H and O–H groups in total. The van der Waals surface area contributed by atoms with Crippen LogP contribution in [-0.2, 0) is 4.74 Å². The van der Waals surface area contributed by atoms with E-state index in [2.05, 4.69) is 18.3 Å². The molecule has 0 saturated heterocycles. The number of rotatable bonds is 5. The summed E-state index contributed by atoms with van der Waals surface area (Å²) in [4.78, 5) is 0. The van der Waals surface area contributed by atoms with Gasteiger partial charge in [-0.2, -0.15) is 0 Å². The van der Waals surface area contributed by atoms with E-state index in [0.29, 0.717) is 18.6 Å². The van der Waals surface area contributed by atoms with Crippen molar-refractivity contribution in [3.8, 4) is 11.5 Å². The van der Waals surface area contributed by atoms with Gasteiger partial charge in [0.25, 0.3) is 0 Å². The fourth-order valence-corrected chi connectivity index (χ4v) is 2.59. The SMILES string of the molecule is CNC1CC(C(C)COC)Oc2cc(OC)ccc21. The van der Waals surface area contributed by atoms with E-state index >= 15 is 0 Å². The van der Waals surface area contributed by atoms with Crippen LogP contribution in [-0.4, -0.2) is 34.0 Å². The predicted octanol–water partition coefficient (Wildman–Crippen LogP) is 2.39. The normalized spacial score (nSPS) is 23.4. The summed E-state index contributed by atoms with van der Waals surface area (Å²) in [5.74, 6) is 2.10. The maximum Gasteiger partial charge on any atom is 0.128 e. The third-order valence-corrected chi connectivity index (χ3v) is 3.76. The summed E-state index contributed by atoms with van der Waals surface area (Å²) >= 11 is 0. The molecular formula is C15H23NO3. The molecule has 0 spiro atoms. The van der Waals surface area contributed by atoms with Gasteiger partial charge in [0, 0.05) is 37.1 Å². The third kappa shape index (κ3) is 3.01. The van der Waals surface area contributed by atoms with E-state index in [-0.39, 0.29) is 6.10 Å². The Morgan fingerprint density at radius 2 is 2.21 bits per heavy atom. The van der Waals surface area contributed by atoms with E-state index in [4.69, 9.17) is 14.2 Å². The molecule has 1 aromatic rings. The standard InChI is InChI=1S/C15H23NO3/c1-10(9-17-3)14-8-13(16-2)12-6-5-11(18-4)7-15(12)19-14/h5-7,10,13-14,16H,8-9H2,1-4H3. The first-order valence-electron chi connectivity index (χ1n) is 6.70. The Kier molecular flexibility index (Phi) is 4.66. The molecule has 4 heteroatoms. The van der Waals surface area contributed by atoms with Crippen molar-refractivity contribution in [2.45, 2.75) is 25.5 Å². The number of methoxy groups -OCH3 is 2. The van der Waals surface area contributed by atoms with Crippen LogP contribution in [0.4, 0.5) is 0 Å². The molecule has 0 radical (unpaired) electrons. The minimum atomic E-state index is 0.164. The van der Waals surface area contributed by atoms with Gasteiger partial charge in [-0.1, -0.05) is 13.0 Å². The van der Waals surface area contributed by atoms with Gasteiger partial charge in [0.1, 0.15) is 17.6 Å². The van der Waals surface area contributed by atoms with Gasteiger partial charge >= 0.3 is 0 Å². The lowest BCUT2D eigenvalue weighted by molar-refractivity contribution is 0.0507. The monoisotopic (exact) mass is 265 g/mol. The number of hydrogen-bond donors (Lipinski definition) is 1. The summed E-state index contributed by atoms with van der Waals surface area (Å²) in [7, 11) is 5.39. The summed E-state index contributed by atoms with van der Waals surface area (Å²) in [5, 5.41) is 3.36. The zero-order valence-corrected chi connectivity index (χ0v) is 12.1. The summed E-state index contributed by atoms with van der Waals surface area (Å²) in [6, 6.07) is 6.34. The van der Waals surface area contributed by atoms with Gasteiger partial charge in [-0.25, -0.2) is 0 Å². The van der Waals surface area contributed by atoms with Gasteiger partial charge in [-0.3, -0.25) is 0 Å². The molecule has 1 aliphatic rings. The fourth-order valence-electron chi connectivity index (χ4n) is 2.59. The van der Waals surface area contributed by atoms with Gasteiger partial charge in [0.05, 0.1) is 13.7 Å². The maximum absolute atomic E-state index is 6.12. The Morgan fingerprint density at radius 1 is 1.42 bits per heavy atom. The number of fused-ring (bicyclic) bond motifs is 1. The van der Waals surface area contributed by atoms with Crippen molar-refractivity contribution in [2.75, 3.05) is 27.9 Å². The van der Waals surface area contributed by atoms with E-state index in [9.17, 15) is 0 Å². The molecule has 0 saturated carbocycles. The zero-order valence-electron chi connectivity index (χ0n) is 12.1. The molecule has 1 aliphatic heterocycles. The minimum Gasteiger partial charge on any atom is -0.497 e. The first-order chi connectivity index (χ1) is 9.19. The molecule has 0 aliphatic carbocycles. The average Bonchev–Trinajstić information content (AvgIpc) is 2.45. The molecule has 0 bridgehead atoms. The van der Waals surface area contributed by atoms with Gasteiger partial charge in [0.15, 0.2) is 0 Å². The van der Waals surface area contributed by atoms with Gasteiger partial charge < -0.3 is 19.5 Å². The van der Waals surface area contributed by atoms with Crippen LogP contribution in [0.3, 0.4) is 0 Å². The van der Waals surface area contributed by atoms with Crippen molar-refractivity contribution >= 4 is 0 Å². The molecule has 106 valence electrons. The quantitative estimate of drug-likeness (QED) is 0.887. The van der Waals surface area contributed by atoms with Crippen molar-refractivity contribution in [3.63, 3.8) is 0 Å². The van der Waals surface area contributed by atoms with Crippen LogP contribution in [0, 0.1) is 5.92 Å². The van der Waals surface area contributed by atoms with Crippen molar-refractivity contribution in [1.29, 1.82) is 0 Å². The molecule has 0 fully saturated rings. The smallest absolute Gasteiger partial charge is 0.128 e. The fraction of sp³-hybridized carbons (Fsp3) is 0.600. The van der Waals surface area contributed by atoms with Crippen LogP contribution in [0.5, 0.6) is 11.5 Å². The van der Waals surface area contributed by atoms with Gasteiger partial charge in [-0.15, -0.1) is 0 Å². The lowest BCUT2D eigenvalue weighted by Crippen LogP contribution is -2.37. The van der Waals surface area contributed by atoms with Crippen LogP contribution in [0.1, 0.15) is 24.9 Å². The van der Waals surface area contributed by atoms with Crippen molar-refractivity contribution in [2.24, 2.45) is 5.92 Å². The molecule has 19 heavy (non-hydrogen) atoms. The highest BCUT2D eigenvalue weighted by molar-refractivity contribution is 5.44. The highest BCUT2D eigenvalue weighted by Crippen LogP contribution is 2.38. The van der Waals surface area contributed by atoms with Crippen molar-refractivity contribution in [3.05, 3.63) is 23.8 Å². The Morgan fingerprint density at radius 3 is 2.84 bits per heavy atom. The second kappa shape index (κ2) is 6.26. The molecule has 3 atom stereocenters. The lowest BCUT2D eigenvalue weighted by atomic mass is 9.91. The minimum absolute atomic E-state index is 0.164. The molecule has 0 aromatic heterocycles. The molecule has 2 rings (SSSR count). The van der Waals surface area contributed by atoms with Gasteiger partial charge in [-0.05, 0) is 13.1 Å². The lowest BCUT2D eigenvalue weighted by Gasteiger charge is -2.35. The number of nitrogens with one attached hydrogen (secondary N) is 1. The topological polar surface area (TPSA) is 39.7 Å². The molecule has 1 heterocycles. The number of benzene rings is 1. The summed E-state index contributed by atoms with van der Waals surface area (Å²) < 4.78 is 16.6. The largest absolute Gasteiger partial charge is 0.497 e. The predicted molar refractivity (Wildman–Crippen MR) is 74.9 cm³/mol. The van der Waals surface area contributed by atoms with Crippen LogP contribution in [0.2, 0.25) is 0 Å². The molecule has 3 unspecified atom stereocenters. The summed E-state index contributed by atoms with van der Waals surface area (Å²) in [5.41, 5.74) is 1.20. The van der Waals surface area contributed by atoms with Gasteiger partial charge in [0.2, 0.25) is 0 Å². The third-order valence-electron chi connectivity index (χ3n) is 3.76. The van der Waals surface area contributed by atoms with Crippen LogP contribution in [0.25, 0.3) is 0 Å². The van der Waals surface area contributed by atoms with Crippen LogP contribution < -0.4 is 14.8 Å². The zero-order chi connectivity index (χ0) is 13.8. The molecule has 4 nitrogen and oxygen atoms in total. The Labute approximate surface area is 115 Å². The number of hydrogen-bond acceptors (Lipinski definition) is 4. The molecular weight excluding hydrogens is 242 g/mol. The Hall–Kier alpha value is -1.26. The highest BCUT2D eigenvalue weighted by Gasteiger charge is 2.31. The first kappa shape index (κ1) is 14.2. The van der Waals surface area contributed by atoms with Crippen molar-refractivity contribution < 1.29 is 14.2 Å². The maximum atomic E-state index is 6.12. The van der Waals surface area contributed by atoms with E-state index in [0.717, 1.165) is 17.9 Å². The highest BCUT2D eigenvalue weighted by atomic mass is 16.5. The molecule has 0 amide bonds.